The summed E-state index contributed by atoms with van der Waals surface area (Å²) in [5, 5.41) is 13.8. The van der Waals surface area contributed by atoms with Crippen LogP contribution in [-0.4, -0.2) is 23.7 Å². The van der Waals surface area contributed by atoms with Crippen LogP contribution in [0.5, 0.6) is 5.75 Å². The number of amides is 1. The highest BCUT2D eigenvalue weighted by Crippen LogP contribution is 2.28. The Labute approximate surface area is 152 Å². The number of hydrogen-bond donors (Lipinski definition) is 1. The minimum Gasteiger partial charge on any atom is -0.435 e. The first-order valence-electron chi connectivity index (χ1n) is 7.50. The standard InChI is InChI=1S/C17H16F2N2O4S/c1-10(11-4-3-5-13(8-11)25-17(18)19)20-16(22)12-6-7-15(26-2)14(9-12)21(23)24/h3-10,17H,1-2H3,(H,20,22). The zero-order valence-corrected chi connectivity index (χ0v) is 14.8. The van der Waals surface area contributed by atoms with Crippen LogP contribution in [0.1, 0.15) is 28.9 Å². The van der Waals surface area contributed by atoms with Crippen molar-refractivity contribution in [2.75, 3.05) is 6.26 Å². The highest BCUT2D eigenvalue weighted by molar-refractivity contribution is 7.98. The van der Waals surface area contributed by atoms with E-state index in [1.165, 1.54) is 48.2 Å². The van der Waals surface area contributed by atoms with E-state index >= 15 is 0 Å². The van der Waals surface area contributed by atoms with Gasteiger partial charge >= 0.3 is 6.61 Å². The number of nitro groups is 1. The third-order valence-electron chi connectivity index (χ3n) is 3.57. The Morgan fingerprint density at radius 3 is 2.62 bits per heavy atom. The summed E-state index contributed by atoms with van der Waals surface area (Å²) in [6.07, 6.45) is 1.71. The Balaban J connectivity index is 2.17. The van der Waals surface area contributed by atoms with Crippen molar-refractivity contribution in [3.63, 3.8) is 0 Å². The summed E-state index contributed by atoms with van der Waals surface area (Å²) in [7, 11) is 0. The molecule has 2 rings (SSSR count). The van der Waals surface area contributed by atoms with Gasteiger partial charge in [-0.1, -0.05) is 12.1 Å². The number of ether oxygens (including phenoxy) is 1. The van der Waals surface area contributed by atoms with Crippen LogP contribution >= 0.6 is 11.8 Å². The average molecular weight is 382 g/mol. The van der Waals surface area contributed by atoms with Crippen molar-refractivity contribution in [2.45, 2.75) is 24.5 Å². The van der Waals surface area contributed by atoms with Crippen molar-refractivity contribution in [1.29, 1.82) is 0 Å². The molecule has 0 saturated heterocycles. The molecule has 0 bridgehead atoms. The Hall–Kier alpha value is -2.68. The predicted molar refractivity (Wildman–Crippen MR) is 93.8 cm³/mol. The van der Waals surface area contributed by atoms with E-state index in [0.29, 0.717) is 10.5 Å². The monoisotopic (exact) mass is 382 g/mol. The number of nitrogens with one attached hydrogen (secondary N) is 1. The lowest BCUT2D eigenvalue weighted by Crippen LogP contribution is -2.26. The molecule has 1 amide bonds. The van der Waals surface area contributed by atoms with Crippen molar-refractivity contribution in [2.24, 2.45) is 0 Å². The van der Waals surface area contributed by atoms with Crippen molar-refractivity contribution < 1.29 is 23.2 Å². The molecule has 0 aromatic heterocycles. The Morgan fingerprint density at radius 2 is 2.00 bits per heavy atom. The van der Waals surface area contributed by atoms with Crippen molar-refractivity contribution in [3.05, 3.63) is 63.7 Å². The molecule has 1 unspecified atom stereocenters. The number of thioether (sulfide) groups is 1. The van der Waals surface area contributed by atoms with Crippen molar-refractivity contribution >= 4 is 23.4 Å². The number of alkyl halides is 2. The number of carbonyl (C=O) groups is 1. The van der Waals surface area contributed by atoms with Crippen LogP contribution in [0, 0.1) is 10.1 Å². The summed E-state index contributed by atoms with van der Waals surface area (Å²) in [4.78, 5) is 23.4. The molecule has 0 aliphatic heterocycles. The molecule has 6 nitrogen and oxygen atoms in total. The summed E-state index contributed by atoms with van der Waals surface area (Å²) >= 11 is 1.21. The molecule has 9 heteroatoms. The largest absolute Gasteiger partial charge is 0.435 e. The van der Waals surface area contributed by atoms with Crippen LogP contribution in [0.2, 0.25) is 0 Å². The second kappa shape index (κ2) is 8.61. The summed E-state index contributed by atoms with van der Waals surface area (Å²) in [5.74, 6) is -0.521. The zero-order chi connectivity index (χ0) is 19.3. The molecule has 0 aliphatic rings. The van der Waals surface area contributed by atoms with Gasteiger partial charge in [0, 0.05) is 11.6 Å². The molecule has 0 radical (unpaired) electrons. The van der Waals surface area contributed by atoms with Gasteiger partial charge in [0.25, 0.3) is 11.6 Å². The van der Waals surface area contributed by atoms with Crippen molar-refractivity contribution in [3.8, 4) is 5.75 Å². The van der Waals surface area contributed by atoms with Crippen LogP contribution in [0.15, 0.2) is 47.4 Å². The van der Waals surface area contributed by atoms with Gasteiger partial charge in [0.2, 0.25) is 0 Å². The van der Waals surface area contributed by atoms with Gasteiger partial charge in [-0.25, -0.2) is 0 Å². The second-order valence-electron chi connectivity index (χ2n) is 5.29. The molecule has 26 heavy (non-hydrogen) atoms. The Morgan fingerprint density at radius 1 is 1.27 bits per heavy atom. The van der Waals surface area contributed by atoms with E-state index in [-0.39, 0.29) is 17.0 Å². The quantitative estimate of drug-likeness (QED) is 0.436. The third-order valence-corrected chi connectivity index (χ3v) is 4.35. The predicted octanol–water partition coefficient (Wildman–Crippen LogP) is 4.41. The van der Waals surface area contributed by atoms with Gasteiger partial charge in [0.1, 0.15) is 5.75 Å². The molecule has 2 aromatic rings. The SMILES string of the molecule is CSc1ccc(C(=O)NC(C)c2cccc(OC(F)F)c2)cc1[N+](=O)[O-]. The van der Waals surface area contributed by atoms with E-state index in [0.717, 1.165) is 0 Å². The molecular weight excluding hydrogens is 366 g/mol. The van der Waals surface area contributed by atoms with Gasteiger partial charge in [0.05, 0.1) is 15.9 Å². The summed E-state index contributed by atoms with van der Waals surface area (Å²) in [6, 6.07) is 9.69. The lowest BCUT2D eigenvalue weighted by atomic mass is 10.1. The number of carbonyl (C=O) groups excluding carboxylic acids is 1. The molecule has 0 spiro atoms. The van der Waals surface area contributed by atoms with E-state index in [1.807, 2.05) is 0 Å². The molecule has 0 fully saturated rings. The van der Waals surface area contributed by atoms with Gasteiger partial charge < -0.3 is 10.1 Å². The summed E-state index contributed by atoms with van der Waals surface area (Å²) in [6.45, 7) is -1.27. The molecule has 1 atom stereocenters. The van der Waals surface area contributed by atoms with E-state index in [2.05, 4.69) is 10.1 Å². The number of rotatable bonds is 7. The fourth-order valence-corrected chi connectivity index (χ4v) is 2.84. The highest BCUT2D eigenvalue weighted by Gasteiger charge is 2.18. The Bertz CT molecular complexity index is 817. The zero-order valence-electron chi connectivity index (χ0n) is 13.9. The first-order chi connectivity index (χ1) is 12.3. The molecular formula is C17H16F2N2O4S. The number of benzene rings is 2. The lowest BCUT2D eigenvalue weighted by molar-refractivity contribution is -0.387. The van der Waals surface area contributed by atoms with Crippen LogP contribution in [0.4, 0.5) is 14.5 Å². The van der Waals surface area contributed by atoms with Crippen LogP contribution in [-0.2, 0) is 0 Å². The molecule has 0 saturated carbocycles. The summed E-state index contributed by atoms with van der Waals surface area (Å²) in [5.41, 5.74) is 0.554. The van der Waals surface area contributed by atoms with E-state index in [1.54, 1.807) is 19.2 Å². The number of hydrogen-bond acceptors (Lipinski definition) is 5. The maximum atomic E-state index is 12.4. The van der Waals surface area contributed by atoms with Gasteiger partial charge in [0.15, 0.2) is 0 Å². The second-order valence-corrected chi connectivity index (χ2v) is 6.14. The third kappa shape index (κ3) is 4.92. The average Bonchev–Trinajstić information content (AvgIpc) is 2.60. The van der Waals surface area contributed by atoms with E-state index in [9.17, 15) is 23.7 Å². The number of nitro benzene ring substituents is 1. The summed E-state index contributed by atoms with van der Waals surface area (Å²) < 4.78 is 28.9. The fraction of sp³-hybridized carbons (Fsp3) is 0.235. The van der Waals surface area contributed by atoms with Crippen LogP contribution in [0.3, 0.4) is 0 Å². The van der Waals surface area contributed by atoms with Gasteiger partial charge in [-0.05, 0) is 43.0 Å². The van der Waals surface area contributed by atoms with E-state index in [4.69, 9.17) is 0 Å². The first kappa shape index (κ1) is 19.6. The van der Waals surface area contributed by atoms with Gasteiger partial charge in [-0.3, -0.25) is 14.9 Å². The highest BCUT2D eigenvalue weighted by atomic mass is 32.2. The minimum atomic E-state index is -2.94. The number of nitrogens with zero attached hydrogens (tertiary/aromatic N) is 1. The lowest BCUT2D eigenvalue weighted by Gasteiger charge is -2.16. The molecule has 2 aromatic carbocycles. The minimum absolute atomic E-state index is 0.0152. The maximum absolute atomic E-state index is 12.4. The number of halogens is 2. The molecule has 1 N–H and O–H groups in total. The van der Waals surface area contributed by atoms with Crippen LogP contribution in [0.25, 0.3) is 0 Å². The molecule has 0 heterocycles. The van der Waals surface area contributed by atoms with Gasteiger partial charge in [-0.15, -0.1) is 11.8 Å². The van der Waals surface area contributed by atoms with E-state index < -0.39 is 23.5 Å². The normalized spacial score (nSPS) is 11.9. The maximum Gasteiger partial charge on any atom is 0.387 e. The fourth-order valence-electron chi connectivity index (χ4n) is 2.30. The molecule has 0 aliphatic carbocycles. The van der Waals surface area contributed by atoms with Crippen molar-refractivity contribution in [1.82, 2.24) is 5.32 Å². The Kier molecular flexibility index (Phi) is 6.51. The smallest absolute Gasteiger partial charge is 0.387 e. The van der Waals surface area contributed by atoms with Crippen LogP contribution < -0.4 is 10.1 Å². The first-order valence-corrected chi connectivity index (χ1v) is 8.72. The molecule has 138 valence electrons. The topological polar surface area (TPSA) is 81.5 Å². The van der Waals surface area contributed by atoms with Gasteiger partial charge in [-0.2, -0.15) is 8.78 Å².